The van der Waals surface area contributed by atoms with Crippen molar-refractivity contribution in [1.82, 2.24) is 5.32 Å². The van der Waals surface area contributed by atoms with Gasteiger partial charge in [-0.25, -0.2) is 0 Å². The van der Waals surface area contributed by atoms with Crippen molar-refractivity contribution in [3.05, 3.63) is 0 Å². The van der Waals surface area contributed by atoms with Crippen molar-refractivity contribution < 1.29 is 50.6 Å². The number of hydrogen-bond acceptors (Lipinski definition) is 4. The number of carboxylic acids is 1. The molecule has 0 rings (SSSR count). The van der Waals surface area contributed by atoms with Gasteiger partial charge in [0.1, 0.15) is 10.4 Å². The molecule has 0 unspecified atom stereocenters. The Balaban J connectivity index is -0.000000292. The molecule has 8 heteroatoms. The number of rotatable bonds is 6. The van der Waals surface area contributed by atoms with Crippen LogP contribution in [0.4, 0.5) is 0 Å². The molecular weight excluding hydrogens is 375 g/mol. The Morgan fingerprint density at radius 2 is 2.06 bits per heavy atom. The van der Waals surface area contributed by atoms with Crippen LogP contribution in [0.25, 0.3) is 0 Å². The molecule has 0 saturated heterocycles. The number of aliphatic carboxylic acids is 1. The van der Waals surface area contributed by atoms with Crippen LogP contribution in [0.2, 0.25) is 0 Å². The number of thiol groups is 1. The molecule has 16 heavy (non-hydrogen) atoms. The van der Waals surface area contributed by atoms with E-state index in [4.69, 9.17) is 15.9 Å². The van der Waals surface area contributed by atoms with E-state index in [1.54, 1.807) is 0 Å². The molecule has 0 aromatic heterocycles. The number of carbonyl (C=O) groups is 1. The van der Waals surface area contributed by atoms with E-state index >= 15 is 0 Å². The van der Waals surface area contributed by atoms with Crippen LogP contribution in [0.5, 0.6) is 0 Å². The Hall–Kier alpha value is 0.825. The molecule has 0 spiro atoms. The number of nitrogens with one attached hydrogen (secondary N) is 1. The minimum absolute atomic E-state index is 0. The van der Waals surface area contributed by atoms with Crippen LogP contribution in [-0.4, -0.2) is 39.7 Å². The second-order valence-corrected chi connectivity index (χ2v) is 3.92. The second kappa shape index (κ2) is 15.8. The molecule has 1 atom stereocenters. The summed E-state index contributed by atoms with van der Waals surface area (Å²) in [5.74, 6) is -0.896. The van der Waals surface area contributed by atoms with Gasteiger partial charge in [-0.3, -0.25) is 4.79 Å². The zero-order chi connectivity index (χ0) is 12.3. The quantitative estimate of drug-likeness (QED) is 0.322. The molecule has 93 valence electrons. The van der Waals surface area contributed by atoms with Gasteiger partial charge in [-0.15, -0.1) is 12.6 Å². The average Bonchev–Trinajstić information content (AvgIpc) is 2.10. The number of hydrogen-bond donors (Lipinski definition) is 5. The summed E-state index contributed by atoms with van der Waals surface area (Å²) in [7, 11) is 0. The first-order chi connectivity index (χ1) is 6.95. The van der Waals surface area contributed by atoms with Crippen LogP contribution in [0.15, 0.2) is 0 Å². The summed E-state index contributed by atoms with van der Waals surface area (Å²) in [5, 5.41) is 19.8. The Kier molecular flexibility index (Phi) is 21.8. The SMILES string of the molecule is CCCN[C@@H](CCO)C(=O)O.NC(=S)S.[La]. The van der Waals surface area contributed by atoms with Gasteiger partial charge in [0.25, 0.3) is 0 Å². The number of aliphatic hydroxyl groups is 1. The van der Waals surface area contributed by atoms with Crippen molar-refractivity contribution in [2.75, 3.05) is 13.2 Å². The van der Waals surface area contributed by atoms with Gasteiger partial charge in [-0.2, -0.15) is 0 Å². The maximum Gasteiger partial charge on any atom is 0.320 e. The topological polar surface area (TPSA) is 95.6 Å². The molecule has 0 aromatic carbocycles. The Bertz CT molecular complexity index is 192. The van der Waals surface area contributed by atoms with Gasteiger partial charge < -0.3 is 21.3 Å². The van der Waals surface area contributed by atoms with Gasteiger partial charge in [0.15, 0.2) is 0 Å². The fraction of sp³-hybridized carbons (Fsp3) is 0.750. The zero-order valence-corrected chi connectivity index (χ0v) is 14.6. The van der Waals surface area contributed by atoms with E-state index in [9.17, 15) is 4.79 Å². The van der Waals surface area contributed by atoms with Gasteiger partial charge in [-0.1, -0.05) is 19.1 Å². The molecule has 0 amide bonds. The molecule has 0 aliphatic carbocycles. The first-order valence-electron chi connectivity index (χ1n) is 4.51. The van der Waals surface area contributed by atoms with E-state index in [0.717, 1.165) is 6.42 Å². The van der Waals surface area contributed by atoms with E-state index in [2.05, 4.69) is 30.2 Å². The second-order valence-electron chi connectivity index (χ2n) is 2.70. The predicted molar refractivity (Wildman–Crippen MR) is 67.2 cm³/mol. The Labute approximate surface area is 135 Å². The minimum Gasteiger partial charge on any atom is -0.480 e. The number of aliphatic hydroxyl groups excluding tert-OH is 1. The van der Waals surface area contributed by atoms with Crippen LogP contribution in [0.3, 0.4) is 0 Å². The van der Waals surface area contributed by atoms with Gasteiger partial charge >= 0.3 is 5.97 Å². The third-order valence-corrected chi connectivity index (χ3v) is 1.36. The average molecular weight is 393 g/mol. The Morgan fingerprint density at radius 1 is 1.62 bits per heavy atom. The third kappa shape index (κ3) is 20.3. The smallest absolute Gasteiger partial charge is 0.320 e. The maximum atomic E-state index is 10.4. The molecule has 0 fully saturated rings. The minimum atomic E-state index is -0.896. The molecule has 0 bridgehead atoms. The number of nitrogens with two attached hydrogens (primary N) is 1. The molecule has 5 nitrogen and oxygen atoms in total. The van der Waals surface area contributed by atoms with Crippen molar-refractivity contribution in [2.45, 2.75) is 25.8 Å². The fourth-order valence-electron chi connectivity index (χ4n) is 0.761. The summed E-state index contributed by atoms with van der Waals surface area (Å²) in [6.07, 6.45) is 1.17. The van der Waals surface area contributed by atoms with Gasteiger partial charge in [0, 0.05) is 42.2 Å². The molecule has 0 saturated carbocycles. The monoisotopic (exact) mass is 393 g/mol. The van der Waals surface area contributed by atoms with Crippen molar-refractivity contribution in [3.8, 4) is 0 Å². The van der Waals surface area contributed by atoms with Crippen molar-refractivity contribution in [2.24, 2.45) is 5.73 Å². The van der Waals surface area contributed by atoms with E-state index in [-0.39, 0.29) is 52.9 Å². The summed E-state index contributed by atoms with van der Waals surface area (Å²) in [4.78, 5) is 10.4. The molecule has 0 heterocycles. The zero-order valence-electron chi connectivity index (χ0n) is 9.22. The first-order valence-corrected chi connectivity index (χ1v) is 5.36. The maximum absolute atomic E-state index is 10.4. The molecule has 1 radical (unpaired) electrons. The molecule has 0 aliphatic heterocycles. The summed E-state index contributed by atoms with van der Waals surface area (Å²) >= 11 is 7.65. The molecular formula is C8H18LaN2O3S2. The molecule has 0 aliphatic rings. The van der Waals surface area contributed by atoms with Gasteiger partial charge in [0.05, 0.1) is 0 Å². The van der Waals surface area contributed by atoms with Crippen molar-refractivity contribution in [3.63, 3.8) is 0 Å². The first kappa shape index (κ1) is 22.0. The van der Waals surface area contributed by atoms with Crippen LogP contribution >= 0.6 is 24.8 Å². The fourth-order valence-corrected chi connectivity index (χ4v) is 0.761. The number of carboxylic acid groups (broad SMARTS) is 1. The van der Waals surface area contributed by atoms with E-state index in [0.29, 0.717) is 6.54 Å². The summed E-state index contributed by atoms with van der Waals surface area (Å²) in [6.45, 7) is 2.55. The summed E-state index contributed by atoms with van der Waals surface area (Å²) in [5.41, 5.74) is 4.71. The van der Waals surface area contributed by atoms with E-state index in [1.807, 2.05) is 6.92 Å². The van der Waals surface area contributed by atoms with Crippen LogP contribution in [0.1, 0.15) is 19.8 Å². The van der Waals surface area contributed by atoms with E-state index in [1.165, 1.54) is 0 Å². The van der Waals surface area contributed by atoms with Crippen LogP contribution in [0, 0.1) is 35.6 Å². The molecule has 5 N–H and O–H groups in total. The van der Waals surface area contributed by atoms with Crippen LogP contribution < -0.4 is 11.1 Å². The third-order valence-electron chi connectivity index (χ3n) is 1.36. The largest absolute Gasteiger partial charge is 0.480 e. The van der Waals surface area contributed by atoms with E-state index < -0.39 is 12.0 Å². The van der Waals surface area contributed by atoms with Gasteiger partial charge in [0.2, 0.25) is 0 Å². The predicted octanol–water partition coefficient (Wildman–Crippen LogP) is -0.0186. The van der Waals surface area contributed by atoms with Crippen LogP contribution in [-0.2, 0) is 4.79 Å². The van der Waals surface area contributed by atoms with Crippen molar-refractivity contribution >= 4 is 35.1 Å². The molecule has 0 aromatic rings. The normalized spacial score (nSPS) is 10.4. The summed E-state index contributed by atoms with van der Waals surface area (Å²) in [6, 6.07) is -0.597. The van der Waals surface area contributed by atoms with Crippen molar-refractivity contribution in [1.29, 1.82) is 0 Å². The summed E-state index contributed by atoms with van der Waals surface area (Å²) < 4.78 is 0.194. The Morgan fingerprint density at radius 3 is 2.31 bits per heavy atom. The number of thiocarbonyl (C=S) groups is 1. The van der Waals surface area contributed by atoms with Gasteiger partial charge in [-0.05, 0) is 19.4 Å². The standard InChI is InChI=1S/C7H15NO3.CH3NS2.La/c1-2-4-8-6(3-5-9)7(10)11;2-1(3)4;/h6,8-9H,2-5H2,1H3,(H,10,11);(H3,2,3,4);/t6-;;/m0../s1.